The third kappa shape index (κ3) is 3.38. The van der Waals surface area contributed by atoms with Crippen molar-refractivity contribution in [3.8, 4) is 0 Å². The van der Waals surface area contributed by atoms with E-state index in [1.54, 1.807) is 0 Å². The van der Waals surface area contributed by atoms with Gasteiger partial charge in [-0.3, -0.25) is 0 Å². The lowest BCUT2D eigenvalue weighted by Crippen LogP contribution is -2.42. The van der Waals surface area contributed by atoms with Gasteiger partial charge in [-0.15, -0.1) is 0 Å². The Morgan fingerprint density at radius 1 is 1.44 bits per heavy atom. The molecule has 1 aliphatic heterocycles. The smallest absolute Gasteiger partial charge is 0.225 e. The minimum absolute atomic E-state index is 0.317. The highest BCUT2D eigenvalue weighted by molar-refractivity contribution is 5.30. The minimum Gasteiger partial charge on any atom is -0.338 e. The zero-order valence-corrected chi connectivity index (χ0v) is 11.1. The van der Waals surface area contributed by atoms with Crippen LogP contribution in [-0.2, 0) is 0 Å². The van der Waals surface area contributed by atoms with Crippen LogP contribution >= 0.6 is 0 Å². The first-order valence-corrected chi connectivity index (χ1v) is 6.61. The van der Waals surface area contributed by atoms with Crippen LogP contribution < -0.4 is 10.2 Å². The molecule has 1 saturated heterocycles. The molecule has 100 valence electrons. The van der Waals surface area contributed by atoms with Gasteiger partial charge in [-0.05, 0) is 45.7 Å². The fourth-order valence-corrected chi connectivity index (χ4v) is 2.34. The predicted molar refractivity (Wildman–Crippen MR) is 70.1 cm³/mol. The molecule has 1 aromatic heterocycles. The summed E-state index contributed by atoms with van der Waals surface area (Å²) in [6.45, 7) is 7.32. The van der Waals surface area contributed by atoms with Gasteiger partial charge in [-0.1, -0.05) is 0 Å². The number of hydrogen-bond donors (Lipinski definition) is 1. The number of halogens is 1. The fourth-order valence-electron chi connectivity index (χ4n) is 2.34. The molecule has 1 N–H and O–H groups in total. The summed E-state index contributed by atoms with van der Waals surface area (Å²) in [5.41, 5.74) is 0. The molecule has 2 rings (SSSR count). The highest BCUT2D eigenvalue weighted by atomic mass is 19.1. The van der Waals surface area contributed by atoms with E-state index < -0.39 is 0 Å². The first-order chi connectivity index (χ1) is 8.66. The molecule has 0 radical (unpaired) electrons. The van der Waals surface area contributed by atoms with Crippen LogP contribution in [0, 0.1) is 11.7 Å². The average Bonchev–Trinajstić information content (AvgIpc) is 2.38. The van der Waals surface area contributed by atoms with E-state index in [9.17, 15) is 4.39 Å². The van der Waals surface area contributed by atoms with Crippen molar-refractivity contribution in [1.82, 2.24) is 15.3 Å². The lowest BCUT2D eigenvalue weighted by atomic mass is 9.99. The molecule has 1 aromatic rings. The van der Waals surface area contributed by atoms with Gasteiger partial charge in [-0.25, -0.2) is 14.4 Å². The van der Waals surface area contributed by atoms with Crippen molar-refractivity contribution in [2.24, 2.45) is 5.92 Å². The van der Waals surface area contributed by atoms with Crippen molar-refractivity contribution in [3.05, 3.63) is 18.2 Å². The van der Waals surface area contributed by atoms with E-state index in [1.165, 1.54) is 25.2 Å². The van der Waals surface area contributed by atoms with Crippen molar-refractivity contribution in [3.63, 3.8) is 0 Å². The summed E-state index contributed by atoms with van der Waals surface area (Å²) in [5, 5.41) is 3.41. The lowest BCUT2D eigenvalue weighted by molar-refractivity contribution is 0.369. The summed E-state index contributed by atoms with van der Waals surface area (Å²) >= 11 is 0. The standard InChI is InChI=1S/C13H21FN4/c1-10(2)18(9-11-4-3-5-15-6-11)13-16-7-12(14)8-17-13/h7-8,10-11,15H,3-6,9H2,1-2H3. The molecule has 0 aromatic carbocycles. The molecule has 5 heteroatoms. The van der Waals surface area contributed by atoms with Crippen LogP contribution in [0.3, 0.4) is 0 Å². The second kappa shape index (κ2) is 6.09. The second-order valence-corrected chi connectivity index (χ2v) is 5.16. The third-order valence-electron chi connectivity index (χ3n) is 3.34. The Morgan fingerprint density at radius 2 is 2.17 bits per heavy atom. The topological polar surface area (TPSA) is 41.0 Å². The van der Waals surface area contributed by atoms with Crippen molar-refractivity contribution in [2.75, 3.05) is 24.5 Å². The highest BCUT2D eigenvalue weighted by Crippen LogP contribution is 2.17. The van der Waals surface area contributed by atoms with Crippen molar-refractivity contribution < 1.29 is 4.39 Å². The van der Waals surface area contributed by atoms with E-state index in [0.29, 0.717) is 17.9 Å². The molecule has 0 aliphatic carbocycles. The number of nitrogens with one attached hydrogen (secondary N) is 1. The molecule has 4 nitrogen and oxygen atoms in total. The van der Waals surface area contributed by atoms with E-state index >= 15 is 0 Å². The Morgan fingerprint density at radius 3 is 2.72 bits per heavy atom. The molecule has 2 heterocycles. The maximum atomic E-state index is 12.9. The summed E-state index contributed by atoms with van der Waals surface area (Å²) in [6.07, 6.45) is 4.92. The van der Waals surface area contributed by atoms with Gasteiger partial charge in [0.05, 0.1) is 12.4 Å². The van der Waals surface area contributed by atoms with Crippen molar-refractivity contribution >= 4 is 5.95 Å². The first-order valence-electron chi connectivity index (χ1n) is 6.61. The quantitative estimate of drug-likeness (QED) is 0.887. The Balaban J connectivity index is 2.05. The van der Waals surface area contributed by atoms with Gasteiger partial charge >= 0.3 is 0 Å². The summed E-state index contributed by atoms with van der Waals surface area (Å²) in [5.74, 6) is 0.855. The van der Waals surface area contributed by atoms with Gasteiger partial charge in [0.15, 0.2) is 5.82 Å². The number of hydrogen-bond acceptors (Lipinski definition) is 4. The molecular weight excluding hydrogens is 231 g/mol. The Labute approximate surface area is 108 Å². The predicted octanol–water partition coefficient (Wildman–Crippen LogP) is 1.83. The van der Waals surface area contributed by atoms with Crippen LogP contribution in [0.25, 0.3) is 0 Å². The maximum absolute atomic E-state index is 12.9. The van der Waals surface area contributed by atoms with Crippen LogP contribution in [-0.4, -0.2) is 35.6 Å². The Kier molecular flexibility index (Phi) is 4.47. The number of rotatable bonds is 4. The zero-order chi connectivity index (χ0) is 13.0. The van der Waals surface area contributed by atoms with Crippen LogP contribution in [0.15, 0.2) is 12.4 Å². The summed E-state index contributed by atoms with van der Waals surface area (Å²) in [6, 6.07) is 0.317. The van der Waals surface area contributed by atoms with Gasteiger partial charge in [-0.2, -0.15) is 0 Å². The van der Waals surface area contributed by atoms with E-state index in [2.05, 4.69) is 34.0 Å². The number of piperidine rings is 1. The molecule has 1 fully saturated rings. The molecule has 1 aliphatic rings. The van der Waals surface area contributed by atoms with Crippen molar-refractivity contribution in [2.45, 2.75) is 32.7 Å². The maximum Gasteiger partial charge on any atom is 0.225 e. The summed E-state index contributed by atoms with van der Waals surface area (Å²) in [4.78, 5) is 10.3. The SMILES string of the molecule is CC(C)N(CC1CCCNC1)c1ncc(F)cn1. The van der Waals surface area contributed by atoms with E-state index in [4.69, 9.17) is 0 Å². The number of anilines is 1. The molecule has 0 bridgehead atoms. The Bertz CT molecular complexity index is 360. The Hall–Kier alpha value is -1.23. The van der Waals surface area contributed by atoms with Crippen LogP contribution in [0.5, 0.6) is 0 Å². The second-order valence-electron chi connectivity index (χ2n) is 5.16. The minimum atomic E-state index is -0.387. The highest BCUT2D eigenvalue weighted by Gasteiger charge is 2.20. The lowest BCUT2D eigenvalue weighted by Gasteiger charge is -2.32. The van der Waals surface area contributed by atoms with Gasteiger partial charge in [0.2, 0.25) is 5.95 Å². The van der Waals surface area contributed by atoms with Gasteiger partial charge in [0, 0.05) is 12.6 Å². The van der Waals surface area contributed by atoms with E-state index in [1.807, 2.05) is 0 Å². The molecular formula is C13H21FN4. The van der Waals surface area contributed by atoms with Crippen molar-refractivity contribution in [1.29, 1.82) is 0 Å². The molecule has 18 heavy (non-hydrogen) atoms. The fraction of sp³-hybridized carbons (Fsp3) is 0.692. The number of aromatic nitrogens is 2. The van der Waals surface area contributed by atoms with E-state index in [0.717, 1.165) is 19.6 Å². The normalized spacial score (nSPS) is 20.1. The number of nitrogens with zero attached hydrogens (tertiary/aromatic N) is 3. The third-order valence-corrected chi connectivity index (χ3v) is 3.34. The van der Waals surface area contributed by atoms with Crippen LogP contribution in [0.1, 0.15) is 26.7 Å². The van der Waals surface area contributed by atoms with E-state index in [-0.39, 0.29) is 5.82 Å². The molecule has 0 saturated carbocycles. The zero-order valence-electron chi connectivity index (χ0n) is 11.1. The molecule has 1 unspecified atom stereocenters. The molecule has 0 amide bonds. The van der Waals surface area contributed by atoms with Gasteiger partial charge in [0.25, 0.3) is 0 Å². The largest absolute Gasteiger partial charge is 0.338 e. The monoisotopic (exact) mass is 252 g/mol. The van der Waals surface area contributed by atoms with Gasteiger partial charge < -0.3 is 10.2 Å². The molecule has 0 spiro atoms. The van der Waals surface area contributed by atoms with Gasteiger partial charge in [0.1, 0.15) is 0 Å². The summed E-state index contributed by atoms with van der Waals surface area (Å²) in [7, 11) is 0. The average molecular weight is 252 g/mol. The first kappa shape index (κ1) is 13.2. The molecule has 1 atom stereocenters. The van der Waals surface area contributed by atoms with Crippen LogP contribution in [0.2, 0.25) is 0 Å². The summed E-state index contributed by atoms with van der Waals surface area (Å²) < 4.78 is 12.9. The van der Waals surface area contributed by atoms with Crippen LogP contribution in [0.4, 0.5) is 10.3 Å².